The molecule has 0 spiro atoms. The van der Waals surface area contributed by atoms with Crippen LogP contribution in [-0.2, 0) is 20.9 Å². The highest BCUT2D eigenvalue weighted by Gasteiger charge is 2.42. The quantitative estimate of drug-likeness (QED) is 0.297. The largest absolute Gasteiger partial charge is 0.539 e. The molecule has 1 atom stereocenters. The number of aromatic nitrogens is 2. The van der Waals surface area contributed by atoms with Crippen molar-refractivity contribution in [2.45, 2.75) is 25.9 Å². The van der Waals surface area contributed by atoms with E-state index in [-0.39, 0.29) is 31.2 Å². The highest BCUT2D eigenvalue weighted by Crippen LogP contribution is 2.27. The van der Waals surface area contributed by atoms with Gasteiger partial charge in [0.1, 0.15) is 0 Å². The highest BCUT2D eigenvalue weighted by atomic mass is 16.6. The van der Waals surface area contributed by atoms with Crippen molar-refractivity contribution in [2.75, 3.05) is 18.6 Å². The van der Waals surface area contributed by atoms with Crippen LogP contribution in [-0.4, -0.2) is 47.7 Å². The van der Waals surface area contributed by atoms with Gasteiger partial charge in [-0.05, 0) is 42.9 Å². The SMILES string of the molecule is CCOC(=O)c1ccc(N2C(=O)CC(N(C)Cc3c([O-])on[n+]3-c3ccccc3)C2=O)cc1. The minimum atomic E-state index is -0.763. The maximum atomic E-state index is 13.1. The number of para-hydroxylation sites is 1. The first-order chi connectivity index (χ1) is 15.9. The molecule has 2 amide bonds. The van der Waals surface area contributed by atoms with Crippen molar-refractivity contribution in [3.63, 3.8) is 0 Å². The molecule has 0 radical (unpaired) electrons. The minimum Gasteiger partial charge on any atom is -0.539 e. The molecule has 33 heavy (non-hydrogen) atoms. The van der Waals surface area contributed by atoms with Crippen LogP contribution in [0, 0.1) is 0 Å². The standard InChI is InChI=1S/C23H22N4O6/c1-3-32-22(30)15-9-11-16(12-10-15)26-20(28)13-18(21(26)29)25(2)14-19-23(31)33-24-27(19)17-7-5-4-6-8-17/h4-12,18H,3,13-14H2,1-2H3. The third kappa shape index (κ3) is 4.33. The van der Waals surface area contributed by atoms with Crippen molar-refractivity contribution >= 4 is 23.5 Å². The van der Waals surface area contributed by atoms with E-state index in [1.54, 1.807) is 43.1 Å². The zero-order chi connectivity index (χ0) is 23.5. The van der Waals surface area contributed by atoms with Crippen molar-refractivity contribution in [1.29, 1.82) is 0 Å². The Morgan fingerprint density at radius 3 is 2.58 bits per heavy atom. The molecule has 1 unspecified atom stereocenters. The Morgan fingerprint density at radius 2 is 1.91 bits per heavy atom. The summed E-state index contributed by atoms with van der Waals surface area (Å²) in [7, 11) is 1.66. The van der Waals surface area contributed by atoms with Gasteiger partial charge in [-0.25, -0.2) is 9.69 Å². The van der Waals surface area contributed by atoms with Gasteiger partial charge in [-0.3, -0.25) is 14.5 Å². The number of imide groups is 1. The fraction of sp³-hybridized carbons (Fsp3) is 0.261. The van der Waals surface area contributed by atoms with E-state index in [9.17, 15) is 19.5 Å². The number of amides is 2. The molecule has 3 aromatic rings. The van der Waals surface area contributed by atoms with E-state index in [4.69, 9.17) is 9.26 Å². The van der Waals surface area contributed by atoms with Gasteiger partial charge in [0.25, 0.3) is 11.6 Å². The number of hydrogen-bond donors (Lipinski definition) is 0. The highest BCUT2D eigenvalue weighted by molar-refractivity contribution is 6.22. The van der Waals surface area contributed by atoms with Crippen molar-refractivity contribution < 1.29 is 33.4 Å². The third-order valence-electron chi connectivity index (χ3n) is 5.39. The Kier molecular flexibility index (Phi) is 6.18. The number of carbonyl (C=O) groups excluding carboxylic acids is 3. The van der Waals surface area contributed by atoms with Gasteiger partial charge in [0, 0.05) is 12.1 Å². The molecular formula is C23H22N4O6. The molecule has 0 saturated carbocycles. The van der Waals surface area contributed by atoms with Crippen LogP contribution in [0.2, 0.25) is 0 Å². The second kappa shape index (κ2) is 9.21. The molecule has 2 heterocycles. The lowest BCUT2D eigenvalue weighted by atomic mass is 10.2. The maximum absolute atomic E-state index is 13.1. The predicted octanol–water partition coefficient (Wildman–Crippen LogP) is 0.965. The Balaban J connectivity index is 1.52. The molecule has 1 aromatic heterocycles. The van der Waals surface area contributed by atoms with Crippen LogP contribution in [0.15, 0.2) is 59.1 Å². The van der Waals surface area contributed by atoms with Crippen LogP contribution >= 0.6 is 0 Å². The molecule has 1 fully saturated rings. The van der Waals surface area contributed by atoms with Crippen LogP contribution in [0.4, 0.5) is 5.69 Å². The van der Waals surface area contributed by atoms with Crippen LogP contribution in [0.5, 0.6) is 5.95 Å². The number of nitrogens with zero attached hydrogens (tertiary/aromatic N) is 4. The van der Waals surface area contributed by atoms with E-state index in [0.29, 0.717) is 16.9 Å². The maximum Gasteiger partial charge on any atom is 0.338 e. The normalized spacial score (nSPS) is 16.0. The van der Waals surface area contributed by atoms with Gasteiger partial charge in [0.15, 0.2) is 5.95 Å². The molecular weight excluding hydrogens is 428 g/mol. The fourth-order valence-electron chi connectivity index (χ4n) is 3.71. The Hall–Kier alpha value is -4.05. The van der Waals surface area contributed by atoms with Gasteiger partial charge in [0.2, 0.25) is 11.6 Å². The average Bonchev–Trinajstić information content (AvgIpc) is 3.33. The molecule has 170 valence electrons. The number of rotatable bonds is 7. The monoisotopic (exact) mass is 450 g/mol. The number of ether oxygens (including phenoxy) is 1. The molecule has 1 saturated heterocycles. The van der Waals surface area contributed by atoms with E-state index in [2.05, 4.69) is 5.27 Å². The minimum absolute atomic E-state index is 0.0419. The van der Waals surface area contributed by atoms with E-state index in [0.717, 1.165) is 4.90 Å². The lowest BCUT2D eigenvalue weighted by Gasteiger charge is -2.21. The van der Waals surface area contributed by atoms with E-state index >= 15 is 0 Å². The molecule has 0 N–H and O–H groups in total. The second-order valence-corrected chi connectivity index (χ2v) is 7.52. The summed E-state index contributed by atoms with van der Waals surface area (Å²) in [5.74, 6) is -1.88. The topological polar surface area (TPSA) is 120 Å². The zero-order valence-corrected chi connectivity index (χ0v) is 18.1. The zero-order valence-electron chi connectivity index (χ0n) is 18.1. The van der Waals surface area contributed by atoms with Gasteiger partial charge in [-0.1, -0.05) is 18.2 Å². The van der Waals surface area contributed by atoms with E-state index < -0.39 is 23.9 Å². The molecule has 4 rings (SSSR count). The Morgan fingerprint density at radius 1 is 1.21 bits per heavy atom. The summed E-state index contributed by atoms with van der Waals surface area (Å²) in [6, 6.07) is 14.3. The van der Waals surface area contributed by atoms with E-state index in [1.165, 1.54) is 28.9 Å². The van der Waals surface area contributed by atoms with Gasteiger partial charge < -0.3 is 14.4 Å². The van der Waals surface area contributed by atoms with Gasteiger partial charge in [-0.2, -0.15) is 0 Å². The summed E-state index contributed by atoms with van der Waals surface area (Å²) >= 11 is 0. The van der Waals surface area contributed by atoms with Crippen LogP contribution in [0.1, 0.15) is 29.4 Å². The van der Waals surface area contributed by atoms with E-state index in [1.807, 2.05) is 6.07 Å². The summed E-state index contributed by atoms with van der Waals surface area (Å²) in [5.41, 5.74) is 1.57. The fourth-order valence-corrected chi connectivity index (χ4v) is 3.71. The van der Waals surface area contributed by atoms with Crippen molar-refractivity contribution in [3.8, 4) is 11.6 Å². The lowest BCUT2D eigenvalue weighted by Crippen LogP contribution is -2.44. The summed E-state index contributed by atoms with van der Waals surface area (Å²) < 4.78 is 11.2. The molecule has 1 aliphatic rings. The van der Waals surface area contributed by atoms with Crippen molar-refractivity contribution in [1.82, 2.24) is 10.2 Å². The summed E-state index contributed by atoms with van der Waals surface area (Å²) in [4.78, 5) is 40.3. The molecule has 2 aromatic carbocycles. The van der Waals surface area contributed by atoms with Gasteiger partial charge >= 0.3 is 5.97 Å². The smallest absolute Gasteiger partial charge is 0.338 e. The second-order valence-electron chi connectivity index (χ2n) is 7.52. The van der Waals surface area contributed by atoms with Crippen molar-refractivity contribution in [3.05, 3.63) is 65.9 Å². The third-order valence-corrected chi connectivity index (χ3v) is 5.39. The first-order valence-electron chi connectivity index (χ1n) is 10.4. The Bertz CT molecular complexity index is 1180. The van der Waals surface area contributed by atoms with Gasteiger partial charge in [-0.15, -0.1) is 0 Å². The first-order valence-corrected chi connectivity index (χ1v) is 10.4. The molecule has 1 aliphatic heterocycles. The number of hydrogen-bond acceptors (Lipinski definition) is 8. The Labute approximate surface area is 189 Å². The molecule has 10 heteroatoms. The number of esters is 1. The average molecular weight is 450 g/mol. The van der Waals surface area contributed by atoms with Crippen LogP contribution in [0.25, 0.3) is 5.69 Å². The van der Waals surface area contributed by atoms with Crippen molar-refractivity contribution in [2.24, 2.45) is 0 Å². The predicted molar refractivity (Wildman–Crippen MR) is 112 cm³/mol. The van der Waals surface area contributed by atoms with Crippen LogP contribution in [0.3, 0.4) is 0 Å². The number of benzene rings is 2. The number of anilines is 1. The van der Waals surface area contributed by atoms with Gasteiger partial charge in [0.05, 0.1) is 42.1 Å². The lowest BCUT2D eigenvalue weighted by molar-refractivity contribution is -0.678. The summed E-state index contributed by atoms with van der Waals surface area (Å²) in [6.07, 6.45) is -0.0419. The molecule has 0 aliphatic carbocycles. The number of likely N-dealkylation sites (N-methyl/N-ethyl adjacent to an activating group) is 1. The first kappa shape index (κ1) is 22.2. The number of carbonyl (C=O) groups is 3. The summed E-state index contributed by atoms with van der Waals surface area (Å²) in [6.45, 7) is 2.01. The molecule has 10 nitrogen and oxygen atoms in total. The molecule has 0 bridgehead atoms. The van der Waals surface area contributed by atoms with Crippen LogP contribution < -0.4 is 14.7 Å². The summed E-state index contributed by atoms with van der Waals surface area (Å²) in [5, 5.41) is 16.1.